The number of hydrogen-bond acceptors (Lipinski definition) is 6. The van der Waals surface area contributed by atoms with Crippen LogP contribution in [0, 0.1) is 16.7 Å². The van der Waals surface area contributed by atoms with Gasteiger partial charge in [-0.15, -0.1) is 0 Å². The monoisotopic (exact) mass is 558 g/mol. The third-order valence-electron chi connectivity index (χ3n) is 6.86. The molecule has 0 saturated heterocycles. The lowest BCUT2D eigenvalue weighted by atomic mass is 9.85. The van der Waals surface area contributed by atoms with Crippen LogP contribution in [-0.2, 0) is 18.0 Å². The summed E-state index contributed by atoms with van der Waals surface area (Å²) in [7, 11) is 0. The van der Waals surface area contributed by atoms with Crippen molar-refractivity contribution in [1.29, 1.82) is 10.8 Å². The van der Waals surface area contributed by atoms with Crippen molar-refractivity contribution in [3.63, 3.8) is 0 Å². The Morgan fingerprint density at radius 2 is 1.32 bits per heavy atom. The molecule has 0 bridgehead atoms. The van der Waals surface area contributed by atoms with E-state index >= 15 is 0 Å². The van der Waals surface area contributed by atoms with Crippen LogP contribution in [0.1, 0.15) is 47.9 Å². The van der Waals surface area contributed by atoms with Gasteiger partial charge < -0.3 is 36.7 Å². The summed E-state index contributed by atoms with van der Waals surface area (Å²) in [5, 5.41) is 29.7. The Hall–Kier alpha value is -5.06. The minimum Gasteiger partial charge on any atom is -0.489 e. The second-order valence-corrected chi connectivity index (χ2v) is 9.99. The molecule has 0 aliphatic heterocycles. The number of amides is 2. The van der Waals surface area contributed by atoms with E-state index in [1.807, 2.05) is 12.1 Å². The van der Waals surface area contributed by atoms with Crippen LogP contribution in [0.3, 0.4) is 0 Å². The summed E-state index contributed by atoms with van der Waals surface area (Å²) < 4.78 is 12.1. The van der Waals surface area contributed by atoms with Gasteiger partial charge in [-0.2, -0.15) is 0 Å². The van der Waals surface area contributed by atoms with Gasteiger partial charge in [-0.3, -0.25) is 15.6 Å². The Labute approximate surface area is 237 Å². The number of nitrogen functional groups attached to an aromatic ring is 2. The number of carbonyl (C=O) groups excluding carboxylic acids is 1. The van der Waals surface area contributed by atoms with Gasteiger partial charge in [0, 0.05) is 47.0 Å². The molecule has 3 aromatic rings. The maximum absolute atomic E-state index is 13.1. The number of carboxylic acid groups (broad SMARTS) is 1. The maximum atomic E-state index is 13.1. The molecule has 9 N–H and O–H groups in total. The van der Waals surface area contributed by atoms with Crippen molar-refractivity contribution < 1.29 is 24.2 Å². The largest absolute Gasteiger partial charge is 0.489 e. The number of amidine groups is 2. The molecule has 0 unspecified atom stereocenters. The van der Waals surface area contributed by atoms with Gasteiger partial charge in [0.15, 0.2) is 0 Å². The predicted octanol–water partition coefficient (Wildman–Crippen LogP) is 4.18. The van der Waals surface area contributed by atoms with E-state index in [1.165, 1.54) is 0 Å². The highest BCUT2D eigenvalue weighted by molar-refractivity contribution is 5.95. The number of benzene rings is 3. The summed E-state index contributed by atoms with van der Waals surface area (Å²) >= 11 is 0. The maximum Gasteiger partial charge on any atom is 0.404 e. The van der Waals surface area contributed by atoms with Crippen molar-refractivity contribution in [1.82, 2.24) is 5.32 Å². The number of nitrogens with two attached hydrogens (primary N) is 2. The molecule has 41 heavy (non-hydrogen) atoms. The van der Waals surface area contributed by atoms with E-state index in [2.05, 4.69) is 10.6 Å². The van der Waals surface area contributed by atoms with Crippen molar-refractivity contribution in [3.05, 3.63) is 89.0 Å². The smallest absolute Gasteiger partial charge is 0.404 e. The van der Waals surface area contributed by atoms with Crippen molar-refractivity contribution in [3.8, 4) is 11.5 Å². The van der Waals surface area contributed by atoms with Crippen molar-refractivity contribution in [2.45, 2.75) is 44.9 Å². The normalized spacial score (nSPS) is 16.3. The molecule has 1 fully saturated rings. The van der Waals surface area contributed by atoms with Gasteiger partial charge in [0.2, 0.25) is 5.91 Å². The summed E-state index contributed by atoms with van der Waals surface area (Å²) in [6, 6.07) is 19.4. The quantitative estimate of drug-likeness (QED) is 0.135. The summed E-state index contributed by atoms with van der Waals surface area (Å²) in [4.78, 5) is 24.0. The van der Waals surface area contributed by atoms with E-state index in [0.29, 0.717) is 54.0 Å². The Balaban J connectivity index is 1.48. The lowest BCUT2D eigenvalue weighted by molar-refractivity contribution is -0.120. The number of anilines is 1. The van der Waals surface area contributed by atoms with Crippen LogP contribution in [0.2, 0.25) is 0 Å². The van der Waals surface area contributed by atoms with Gasteiger partial charge in [-0.1, -0.05) is 36.4 Å². The van der Waals surface area contributed by atoms with Crippen molar-refractivity contribution in [2.75, 3.05) is 5.32 Å². The topological polar surface area (TPSA) is 197 Å². The van der Waals surface area contributed by atoms with E-state index in [9.17, 15) is 9.59 Å². The first-order valence-corrected chi connectivity index (χ1v) is 13.2. The minimum atomic E-state index is -1.05. The number of carbonyl (C=O) groups is 2. The molecule has 214 valence electrons. The predicted molar refractivity (Wildman–Crippen MR) is 156 cm³/mol. The summed E-state index contributed by atoms with van der Waals surface area (Å²) in [5.41, 5.74) is 14.6. The highest BCUT2D eigenvalue weighted by atomic mass is 16.5. The second kappa shape index (κ2) is 13.3. The van der Waals surface area contributed by atoms with Gasteiger partial charge in [-0.05, 0) is 48.9 Å². The van der Waals surface area contributed by atoms with Gasteiger partial charge in [-0.25, -0.2) is 4.79 Å². The van der Waals surface area contributed by atoms with Crippen LogP contribution in [-0.4, -0.2) is 34.8 Å². The highest BCUT2D eigenvalue weighted by Gasteiger charge is 2.27. The fourth-order valence-electron chi connectivity index (χ4n) is 4.72. The molecule has 1 aliphatic carbocycles. The van der Waals surface area contributed by atoms with Crippen molar-refractivity contribution in [2.24, 2.45) is 17.4 Å². The average molecular weight is 559 g/mol. The summed E-state index contributed by atoms with van der Waals surface area (Å²) in [6.45, 7) is 0.415. The first-order valence-electron chi connectivity index (χ1n) is 13.2. The van der Waals surface area contributed by atoms with Gasteiger partial charge >= 0.3 is 6.09 Å². The molecule has 2 amide bonds. The first-order chi connectivity index (χ1) is 19.7. The van der Waals surface area contributed by atoms with Crippen LogP contribution in [0.4, 0.5) is 10.5 Å². The third-order valence-corrected chi connectivity index (χ3v) is 6.86. The van der Waals surface area contributed by atoms with Crippen LogP contribution < -0.4 is 31.6 Å². The Bertz CT molecular complexity index is 1350. The van der Waals surface area contributed by atoms with E-state index < -0.39 is 6.09 Å². The lowest BCUT2D eigenvalue weighted by Gasteiger charge is -2.27. The average Bonchev–Trinajstić information content (AvgIpc) is 2.95. The molecule has 3 aromatic carbocycles. The Kier molecular flexibility index (Phi) is 9.41. The summed E-state index contributed by atoms with van der Waals surface area (Å²) in [5.74, 6) is 0.489. The minimum absolute atomic E-state index is 0.0335. The number of ether oxygens (including phenoxy) is 2. The molecule has 0 radical (unpaired) electrons. The fraction of sp³-hybridized carbons (Fsp3) is 0.267. The third kappa shape index (κ3) is 8.46. The molecule has 11 nitrogen and oxygen atoms in total. The zero-order valence-electron chi connectivity index (χ0n) is 22.5. The van der Waals surface area contributed by atoms with E-state index in [1.54, 1.807) is 54.6 Å². The number of rotatable bonds is 11. The van der Waals surface area contributed by atoms with Gasteiger partial charge in [0.25, 0.3) is 0 Å². The second-order valence-electron chi connectivity index (χ2n) is 9.99. The van der Waals surface area contributed by atoms with Crippen LogP contribution in [0.15, 0.2) is 66.7 Å². The van der Waals surface area contributed by atoms with E-state index in [4.69, 9.17) is 36.9 Å². The van der Waals surface area contributed by atoms with Crippen LogP contribution in [0.25, 0.3) is 0 Å². The molecular formula is C30H34N6O5. The Morgan fingerprint density at radius 3 is 1.78 bits per heavy atom. The van der Waals surface area contributed by atoms with E-state index in [-0.39, 0.29) is 42.8 Å². The molecule has 0 spiro atoms. The van der Waals surface area contributed by atoms with Gasteiger partial charge in [0.1, 0.15) is 36.4 Å². The molecular weight excluding hydrogens is 524 g/mol. The van der Waals surface area contributed by atoms with Gasteiger partial charge in [0.05, 0.1) is 0 Å². The van der Waals surface area contributed by atoms with Crippen LogP contribution >= 0.6 is 0 Å². The van der Waals surface area contributed by atoms with Crippen LogP contribution in [0.5, 0.6) is 11.5 Å². The molecule has 1 saturated carbocycles. The number of nitrogens with one attached hydrogen (secondary N) is 4. The number of hydrogen-bond donors (Lipinski definition) is 7. The standard InChI is InChI=1S/C30H34N6O5/c31-27(32)21-5-1-3-18(11-21)16-40-25-13-24(35-29(37)20-7-9-23(10-8-20)36-30(38)39)14-26(15-25)41-17-19-4-2-6-22(12-19)28(33)34/h1-6,11-15,20,23,36H,7-10,16-17H2,(H3,31,32)(H3,33,34)(H,35,37)(H,38,39). The molecule has 0 aromatic heterocycles. The lowest BCUT2D eigenvalue weighted by Crippen LogP contribution is -2.38. The zero-order valence-corrected chi connectivity index (χ0v) is 22.5. The molecule has 0 heterocycles. The molecule has 11 heteroatoms. The molecule has 0 atom stereocenters. The highest BCUT2D eigenvalue weighted by Crippen LogP contribution is 2.30. The first kappa shape index (κ1) is 28.9. The molecule has 4 rings (SSSR count). The molecule has 1 aliphatic rings. The zero-order chi connectivity index (χ0) is 29.4. The fourth-order valence-corrected chi connectivity index (χ4v) is 4.72. The van der Waals surface area contributed by atoms with Crippen molar-refractivity contribution >= 4 is 29.4 Å². The Morgan fingerprint density at radius 1 is 0.805 bits per heavy atom. The summed E-state index contributed by atoms with van der Waals surface area (Å²) in [6.07, 6.45) is 1.30. The SMILES string of the molecule is N=C(N)c1cccc(COc2cc(NC(=O)C3CCC(NC(=O)O)CC3)cc(OCc3cccc(C(=N)N)c3)c2)c1. The van der Waals surface area contributed by atoms with E-state index in [0.717, 1.165) is 11.1 Å².